The Morgan fingerprint density at radius 3 is 2.85 bits per heavy atom. The minimum atomic E-state index is -0.490. The summed E-state index contributed by atoms with van der Waals surface area (Å²) in [6.45, 7) is 0.615. The molecule has 1 aliphatic rings. The Bertz CT molecular complexity index is 917. The SMILES string of the molecule is O=C(OCc1ncc(-c2ccccc2)o1)[C@@H]1CC(=O)N(Cc2ccco2)C1. The normalized spacial score (nSPS) is 16.7. The highest BCUT2D eigenvalue weighted by Crippen LogP contribution is 2.23. The van der Waals surface area contributed by atoms with E-state index in [1.54, 1.807) is 29.5 Å². The van der Waals surface area contributed by atoms with Crippen LogP contribution in [0.15, 0.2) is 63.8 Å². The number of esters is 1. The van der Waals surface area contributed by atoms with Crippen molar-refractivity contribution in [3.63, 3.8) is 0 Å². The Balaban J connectivity index is 1.31. The van der Waals surface area contributed by atoms with E-state index in [9.17, 15) is 9.59 Å². The summed E-state index contributed by atoms with van der Waals surface area (Å²) in [5.41, 5.74) is 0.900. The van der Waals surface area contributed by atoms with Crippen LogP contribution in [0.2, 0.25) is 0 Å². The molecular formula is C20H18N2O5. The number of nitrogens with zero attached hydrogens (tertiary/aromatic N) is 2. The van der Waals surface area contributed by atoms with Crippen LogP contribution in [0.1, 0.15) is 18.1 Å². The molecule has 1 amide bonds. The van der Waals surface area contributed by atoms with Gasteiger partial charge in [0.2, 0.25) is 11.8 Å². The fourth-order valence-electron chi connectivity index (χ4n) is 3.04. The molecule has 2 aromatic heterocycles. The Morgan fingerprint density at radius 2 is 2.07 bits per heavy atom. The number of carbonyl (C=O) groups is 2. The monoisotopic (exact) mass is 366 g/mol. The third-order valence-corrected chi connectivity index (χ3v) is 4.42. The first-order valence-corrected chi connectivity index (χ1v) is 8.66. The van der Waals surface area contributed by atoms with Crippen molar-refractivity contribution in [3.05, 3.63) is 66.6 Å². The third-order valence-electron chi connectivity index (χ3n) is 4.42. The van der Waals surface area contributed by atoms with Gasteiger partial charge in [-0.2, -0.15) is 0 Å². The number of carbonyl (C=O) groups excluding carboxylic acids is 2. The van der Waals surface area contributed by atoms with Crippen molar-refractivity contribution in [2.75, 3.05) is 6.54 Å². The van der Waals surface area contributed by atoms with E-state index >= 15 is 0 Å². The molecule has 1 saturated heterocycles. The van der Waals surface area contributed by atoms with Crippen molar-refractivity contribution >= 4 is 11.9 Å². The minimum absolute atomic E-state index is 0.0610. The predicted octanol–water partition coefficient (Wildman–Crippen LogP) is 3.03. The average molecular weight is 366 g/mol. The molecule has 3 aromatic rings. The van der Waals surface area contributed by atoms with Crippen molar-refractivity contribution in [2.45, 2.75) is 19.6 Å². The van der Waals surface area contributed by atoms with Crippen molar-refractivity contribution in [1.29, 1.82) is 0 Å². The molecule has 27 heavy (non-hydrogen) atoms. The molecule has 4 rings (SSSR count). The minimum Gasteiger partial charge on any atom is -0.467 e. The van der Waals surface area contributed by atoms with Gasteiger partial charge in [-0.05, 0) is 12.1 Å². The number of hydrogen-bond donors (Lipinski definition) is 0. The maximum atomic E-state index is 12.3. The van der Waals surface area contributed by atoms with Gasteiger partial charge in [0.1, 0.15) is 5.76 Å². The van der Waals surface area contributed by atoms with Gasteiger partial charge < -0.3 is 18.5 Å². The third kappa shape index (κ3) is 3.92. The molecular weight excluding hydrogens is 348 g/mol. The van der Waals surface area contributed by atoms with E-state index < -0.39 is 11.9 Å². The van der Waals surface area contributed by atoms with Crippen LogP contribution in [-0.4, -0.2) is 28.3 Å². The Labute approximate surface area is 155 Å². The van der Waals surface area contributed by atoms with E-state index in [0.29, 0.717) is 30.5 Å². The Hall–Kier alpha value is -3.35. The van der Waals surface area contributed by atoms with Crippen LogP contribution in [0, 0.1) is 5.92 Å². The van der Waals surface area contributed by atoms with Gasteiger partial charge in [0.05, 0.1) is 24.9 Å². The molecule has 0 unspecified atom stereocenters. The van der Waals surface area contributed by atoms with Gasteiger partial charge in [-0.25, -0.2) is 4.98 Å². The quantitative estimate of drug-likeness (QED) is 0.624. The van der Waals surface area contributed by atoms with Crippen molar-refractivity contribution < 1.29 is 23.2 Å². The summed E-state index contributed by atoms with van der Waals surface area (Å²) in [7, 11) is 0. The summed E-state index contributed by atoms with van der Waals surface area (Å²) in [4.78, 5) is 30.1. The lowest BCUT2D eigenvalue weighted by molar-refractivity contribution is -0.150. The fraction of sp³-hybridized carbons (Fsp3) is 0.250. The van der Waals surface area contributed by atoms with Crippen LogP contribution in [0.3, 0.4) is 0 Å². The molecule has 3 heterocycles. The largest absolute Gasteiger partial charge is 0.467 e. The second-order valence-corrected chi connectivity index (χ2v) is 6.35. The van der Waals surface area contributed by atoms with E-state index in [0.717, 1.165) is 5.56 Å². The van der Waals surface area contributed by atoms with Crippen molar-refractivity contribution in [1.82, 2.24) is 9.88 Å². The Morgan fingerprint density at radius 1 is 1.22 bits per heavy atom. The maximum absolute atomic E-state index is 12.3. The molecule has 1 atom stereocenters. The summed E-state index contributed by atoms with van der Waals surface area (Å²) in [5, 5.41) is 0. The first kappa shape index (κ1) is 17.1. The standard InChI is InChI=1S/C20H18N2O5/c23-19-9-15(11-22(19)12-16-7-4-8-25-16)20(24)26-13-18-21-10-17(27-18)14-5-2-1-3-6-14/h1-8,10,15H,9,11-13H2/t15-/m1/s1. The molecule has 7 heteroatoms. The summed E-state index contributed by atoms with van der Waals surface area (Å²) < 4.78 is 16.2. The number of hydrogen-bond acceptors (Lipinski definition) is 6. The average Bonchev–Trinajstić information content (AvgIpc) is 3.43. The predicted molar refractivity (Wildman–Crippen MR) is 94.0 cm³/mol. The second-order valence-electron chi connectivity index (χ2n) is 6.35. The van der Waals surface area contributed by atoms with Crippen LogP contribution in [0.4, 0.5) is 0 Å². The molecule has 1 aliphatic heterocycles. The second kappa shape index (κ2) is 7.49. The zero-order valence-corrected chi connectivity index (χ0v) is 14.5. The number of ether oxygens (including phenoxy) is 1. The van der Waals surface area contributed by atoms with Crippen LogP contribution >= 0.6 is 0 Å². The first-order chi connectivity index (χ1) is 13.2. The van der Waals surface area contributed by atoms with Crippen molar-refractivity contribution in [2.24, 2.45) is 5.92 Å². The number of oxazole rings is 1. The molecule has 7 nitrogen and oxygen atoms in total. The van der Waals surface area contributed by atoms with Gasteiger partial charge in [0, 0.05) is 18.5 Å². The van der Waals surface area contributed by atoms with E-state index in [1.807, 2.05) is 30.3 Å². The van der Waals surface area contributed by atoms with Crippen LogP contribution in [0.5, 0.6) is 0 Å². The van der Waals surface area contributed by atoms with Gasteiger partial charge in [-0.3, -0.25) is 9.59 Å². The van der Waals surface area contributed by atoms with E-state index in [4.69, 9.17) is 13.6 Å². The lowest BCUT2D eigenvalue weighted by atomic mass is 10.1. The molecule has 0 N–H and O–H groups in total. The molecule has 138 valence electrons. The van der Waals surface area contributed by atoms with Gasteiger partial charge >= 0.3 is 5.97 Å². The number of benzene rings is 1. The summed E-state index contributed by atoms with van der Waals surface area (Å²) >= 11 is 0. The molecule has 0 bridgehead atoms. The molecule has 0 saturated carbocycles. The molecule has 0 spiro atoms. The number of likely N-dealkylation sites (tertiary alicyclic amines) is 1. The number of furan rings is 1. The lowest BCUT2D eigenvalue weighted by Gasteiger charge is -2.14. The highest BCUT2D eigenvalue weighted by Gasteiger charge is 2.35. The number of rotatable bonds is 6. The topological polar surface area (TPSA) is 85.8 Å². The number of amides is 1. The Kier molecular flexibility index (Phi) is 4.74. The van der Waals surface area contributed by atoms with Crippen LogP contribution in [-0.2, 0) is 27.5 Å². The zero-order valence-electron chi connectivity index (χ0n) is 14.5. The summed E-state index contributed by atoms with van der Waals surface area (Å²) in [6.07, 6.45) is 3.30. The van der Waals surface area contributed by atoms with Gasteiger partial charge in [-0.1, -0.05) is 30.3 Å². The highest BCUT2D eigenvalue weighted by atomic mass is 16.5. The van der Waals surface area contributed by atoms with Gasteiger partial charge in [0.25, 0.3) is 0 Å². The van der Waals surface area contributed by atoms with E-state index in [2.05, 4.69) is 4.98 Å². The summed E-state index contributed by atoms with van der Waals surface area (Å²) in [6, 6.07) is 13.1. The van der Waals surface area contributed by atoms with E-state index in [1.165, 1.54) is 0 Å². The van der Waals surface area contributed by atoms with Gasteiger partial charge in [-0.15, -0.1) is 0 Å². The highest BCUT2D eigenvalue weighted by molar-refractivity contribution is 5.86. The molecule has 0 radical (unpaired) electrons. The number of aromatic nitrogens is 1. The fourth-order valence-corrected chi connectivity index (χ4v) is 3.04. The lowest BCUT2D eigenvalue weighted by Crippen LogP contribution is -2.26. The maximum Gasteiger partial charge on any atom is 0.311 e. The van der Waals surface area contributed by atoms with E-state index in [-0.39, 0.29) is 18.9 Å². The molecule has 1 fully saturated rings. The van der Waals surface area contributed by atoms with Crippen LogP contribution < -0.4 is 0 Å². The van der Waals surface area contributed by atoms with Crippen LogP contribution in [0.25, 0.3) is 11.3 Å². The molecule has 0 aliphatic carbocycles. The van der Waals surface area contributed by atoms with Crippen molar-refractivity contribution in [3.8, 4) is 11.3 Å². The smallest absolute Gasteiger partial charge is 0.311 e. The summed E-state index contributed by atoms with van der Waals surface area (Å²) in [5.74, 6) is 0.614. The zero-order chi connectivity index (χ0) is 18.6. The first-order valence-electron chi connectivity index (χ1n) is 8.66. The molecule has 1 aromatic carbocycles. The van der Waals surface area contributed by atoms with Gasteiger partial charge in [0.15, 0.2) is 12.4 Å².